The van der Waals surface area contributed by atoms with Gasteiger partial charge >= 0.3 is 9.05 Å². The van der Waals surface area contributed by atoms with Crippen molar-refractivity contribution in [2.45, 2.75) is 46.8 Å². The highest BCUT2D eigenvalue weighted by atomic mass is 28.5. The highest BCUT2D eigenvalue weighted by molar-refractivity contribution is 6.78. The van der Waals surface area contributed by atoms with Gasteiger partial charge in [0.2, 0.25) is 0 Å². The zero-order chi connectivity index (χ0) is 12.7. The van der Waals surface area contributed by atoms with Crippen molar-refractivity contribution in [3.05, 3.63) is 0 Å². The summed E-state index contributed by atoms with van der Waals surface area (Å²) in [6.45, 7) is 13.9. The highest BCUT2D eigenvalue weighted by Gasteiger charge is 2.48. The van der Waals surface area contributed by atoms with Gasteiger partial charge in [0.25, 0.3) is 0 Å². The van der Waals surface area contributed by atoms with Crippen molar-refractivity contribution < 1.29 is 17.4 Å². The van der Waals surface area contributed by atoms with Gasteiger partial charge in [-0.3, -0.25) is 0 Å². The molecule has 0 radical (unpaired) electrons. The molecule has 6 heteroatoms. The van der Waals surface area contributed by atoms with Crippen LogP contribution in [0.1, 0.15) is 27.7 Å². The standard InChI is InChI=1S/C10H26O4Si2/c1-7-11-16(12-8-2,13-9-3)14-15(5,6)10-4/h7-10H2,1-6H3. The fraction of sp³-hybridized carbons (Fsp3) is 1.00. The van der Waals surface area contributed by atoms with Crippen molar-refractivity contribution >= 4 is 17.4 Å². The molecule has 0 aliphatic rings. The van der Waals surface area contributed by atoms with Crippen molar-refractivity contribution in [1.82, 2.24) is 0 Å². The summed E-state index contributed by atoms with van der Waals surface area (Å²) in [7, 11) is -4.63. The second-order valence-corrected chi connectivity index (χ2v) is 10.9. The lowest BCUT2D eigenvalue weighted by Crippen LogP contribution is -2.55. The van der Waals surface area contributed by atoms with Crippen LogP contribution in [0.15, 0.2) is 0 Å². The van der Waals surface area contributed by atoms with E-state index in [0.717, 1.165) is 6.04 Å². The molecule has 0 fully saturated rings. The van der Waals surface area contributed by atoms with Gasteiger partial charge in [-0.1, -0.05) is 6.92 Å². The average molecular weight is 266 g/mol. The van der Waals surface area contributed by atoms with Gasteiger partial charge in [-0.25, -0.2) is 0 Å². The molecule has 0 amide bonds. The Hall–Kier alpha value is 0.274. The van der Waals surface area contributed by atoms with Gasteiger partial charge < -0.3 is 17.4 Å². The number of hydrogen-bond acceptors (Lipinski definition) is 4. The maximum atomic E-state index is 6.11. The van der Waals surface area contributed by atoms with E-state index in [1.165, 1.54) is 0 Å². The maximum Gasteiger partial charge on any atom is 0.669 e. The Bertz CT molecular complexity index is 171. The molecule has 0 aromatic rings. The first-order chi connectivity index (χ1) is 7.45. The molecule has 0 saturated carbocycles. The summed E-state index contributed by atoms with van der Waals surface area (Å²) in [5.41, 5.74) is 0. The van der Waals surface area contributed by atoms with Gasteiger partial charge in [-0.2, -0.15) is 0 Å². The third-order valence-electron chi connectivity index (χ3n) is 2.22. The molecule has 0 bridgehead atoms. The molecule has 0 atom stereocenters. The SMILES string of the molecule is CCO[Si](OCC)(OCC)O[Si](C)(C)CC. The van der Waals surface area contributed by atoms with Gasteiger partial charge in [-0.05, 0) is 39.9 Å². The molecule has 0 saturated heterocycles. The Morgan fingerprint density at radius 2 is 1.12 bits per heavy atom. The molecule has 0 aromatic heterocycles. The van der Waals surface area contributed by atoms with Crippen molar-refractivity contribution in [2.24, 2.45) is 0 Å². The van der Waals surface area contributed by atoms with E-state index in [1.54, 1.807) is 0 Å². The van der Waals surface area contributed by atoms with E-state index in [4.69, 9.17) is 17.4 Å². The van der Waals surface area contributed by atoms with Crippen molar-refractivity contribution in [2.75, 3.05) is 19.8 Å². The third-order valence-corrected chi connectivity index (χ3v) is 9.06. The van der Waals surface area contributed by atoms with E-state index < -0.39 is 17.4 Å². The number of rotatable bonds is 9. The van der Waals surface area contributed by atoms with Crippen LogP contribution < -0.4 is 0 Å². The number of hydrogen-bond donors (Lipinski definition) is 0. The first-order valence-electron chi connectivity index (χ1n) is 6.07. The molecule has 0 heterocycles. The second kappa shape index (κ2) is 7.57. The van der Waals surface area contributed by atoms with Gasteiger partial charge in [0, 0.05) is 19.8 Å². The fourth-order valence-corrected chi connectivity index (χ4v) is 6.46. The molecule has 0 aromatic carbocycles. The Morgan fingerprint density at radius 3 is 1.38 bits per heavy atom. The van der Waals surface area contributed by atoms with Crippen molar-refractivity contribution in [1.29, 1.82) is 0 Å². The minimum atomic E-state index is -2.89. The first kappa shape index (κ1) is 16.3. The minimum absolute atomic E-state index is 0.556. The summed E-state index contributed by atoms with van der Waals surface area (Å²) in [6.07, 6.45) is 0. The molecule has 0 rings (SSSR count). The van der Waals surface area contributed by atoms with E-state index in [1.807, 2.05) is 20.8 Å². The third kappa shape index (κ3) is 5.56. The fourth-order valence-electron chi connectivity index (χ4n) is 1.15. The normalized spacial score (nSPS) is 13.1. The van der Waals surface area contributed by atoms with Crippen molar-refractivity contribution in [3.63, 3.8) is 0 Å². The average Bonchev–Trinajstić information content (AvgIpc) is 2.18. The van der Waals surface area contributed by atoms with E-state index in [9.17, 15) is 0 Å². The molecule has 0 unspecified atom stereocenters. The first-order valence-corrected chi connectivity index (χ1v) is 10.8. The zero-order valence-electron chi connectivity index (χ0n) is 11.5. The van der Waals surface area contributed by atoms with Crippen molar-refractivity contribution in [3.8, 4) is 0 Å². The topological polar surface area (TPSA) is 36.9 Å². The van der Waals surface area contributed by atoms with Crippen LogP contribution in [0.25, 0.3) is 0 Å². The molecular weight excluding hydrogens is 240 g/mol. The molecule has 98 valence electrons. The van der Waals surface area contributed by atoms with Gasteiger partial charge in [-0.15, -0.1) is 0 Å². The van der Waals surface area contributed by atoms with Crippen LogP contribution in [-0.2, 0) is 17.4 Å². The largest absolute Gasteiger partial charge is 0.669 e. The Kier molecular flexibility index (Phi) is 7.70. The molecule has 0 aliphatic carbocycles. The van der Waals surface area contributed by atoms with Crippen LogP contribution in [0.2, 0.25) is 19.1 Å². The highest BCUT2D eigenvalue weighted by Crippen LogP contribution is 2.21. The summed E-state index contributed by atoms with van der Waals surface area (Å²) < 4.78 is 23.1. The Labute approximate surface area is 102 Å². The minimum Gasteiger partial charge on any atom is -0.394 e. The smallest absolute Gasteiger partial charge is 0.394 e. The predicted molar refractivity (Wildman–Crippen MR) is 69.7 cm³/mol. The quantitative estimate of drug-likeness (QED) is 0.601. The van der Waals surface area contributed by atoms with E-state index in [2.05, 4.69) is 20.0 Å². The predicted octanol–water partition coefficient (Wildman–Crippen LogP) is 2.77. The Balaban J connectivity index is 4.71. The van der Waals surface area contributed by atoms with Gasteiger partial charge in [0.1, 0.15) is 0 Å². The molecule has 16 heavy (non-hydrogen) atoms. The zero-order valence-corrected chi connectivity index (χ0v) is 13.5. The van der Waals surface area contributed by atoms with Crippen LogP contribution in [0.3, 0.4) is 0 Å². The summed E-state index contributed by atoms with van der Waals surface area (Å²) >= 11 is 0. The summed E-state index contributed by atoms with van der Waals surface area (Å²) in [4.78, 5) is 0. The monoisotopic (exact) mass is 266 g/mol. The molecule has 0 spiro atoms. The van der Waals surface area contributed by atoms with Crippen LogP contribution in [0.4, 0.5) is 0 Å². The molecule has 0 N–H and O–H groups in total. The lowest BCUT2D eigenvalue weighted by molar-refractivity contribution is 0.00700. The van der Waals surface area contributed by atoms with Crippen LogP contribution in [0.5, 0.6) is 0 Å². The maximum absolute atomic E-state index is 6.11. The lowest BCUT2D eigenvalue weighted by atomic mass is 10.9. The lowest BCUT2D eigenvalue weighted by Gasteiger charge is -2.33. The van der Waals surface area contributed by atoms with E-state index in [-0.39, 0.29) is 0 Å². The molecule has 4 nitrogen and oxygen atoms in total. The van der Waals surface area contributed by atoms with Crippen LogP contribution in [-0.4, -0.2) is 37.2 Å². The van der Waals surface area contributed by atoms with Crippen LogP contribution >= 0.6 is 0 Å². The summed E-state index contributed by atoms with van der Waals surface area (Å²) in [5.74, 6) is 0. The van der Waals surface area contributed by atoms with Gasteiger partial charge in [0.05, 0.1) is 0 Å². The second-order valence-electron chi connectivity index (χ2n) is 4.01. The molecular formula is C10H26O4Si2. The van der Waals surface area contributed by atoms with Gasteiger partial charge in [0.15, 0.2) is 8.32 Å². The Morgan fingerprint density at radius 1 is 0.750 bits per heavy atom. The van der Waals surface area contributed by atoms with E-state index >= 15 is 0 Å². The van der Waals surface area contributed by atoms with Crippen LogP contribution in [0, 0.1) is 0 Å². The molecule has 0 aliphatic heterocycles. The summed E-state index contributed by atoms with van der Waals surface area (Å²) in [6, 6.07) is 1.02. The van der Waals surface area contributed by atoms with E-state index in [0.29, 0.717) is 19.8 Å². The summed E-state index contributed by atoms with van der Waals surface area (Å²) in [5, 5.41) is 0.